The molecule has 1 unspecified atom stereocenters. The van der Waals surface area contributed by atoms with Crippen LogP contribution in [0.2, 0.25) is 0 Å². The first-order chi connectivity index (χ1) is 9.93. The molecule has 1 aliphatic heterocycles. The van der Waals surface area contributed by atoms with Crippen LogP contribution in [0.5, 0.6) is 0 Å². The normalized spacial score (nSPS) is 25.0. The summed E-state index contributed by atoms with van der Waals surface area (Å²) in [5.41, 5.74) is -1.58. The third kappa shape index (κ3) is 2.46. The van der Waals surface area contributed by atoms with Gasteiger partial charge in [0.1, 0.15) is 16.1 Å². The topological polar surface area (TPSA) is 62.3 Å². The lowest BCUT2D eigenvalue weighted by Crippen LogP contribution is -2.74. The highest BCUT2D eigenvalue weighted by molar-refractivity contribution is 7.09. The van der Waals surface area contributed by atoms with Gasteiger partial charge < -0.3 is 10.2 Å². The van der Waals surface area contributed by atoms with E-state index in [-0.39, 0.29) is 11.8 Å². The van der Waals surface area contributed by atoms with Crippen LogP contribution in [-0.2, 0) is 16.1 Å². The predicted octanol–water partition coefficient (Wildman–Crippen LogP) is 2.33. The average Bonchev–Trinajstić information content (AvgIpc) is 2.99. The number of hydrogen-bond acceptors (Lipinski definition) is 4. The lowest BCUT2D eigenvalue weighted by atomic mass is 9.81. The summed E-state index contributed by atoms with van der Waals surface area (Å²) in [4.78, 5) is 31.7. The van der Waals surface area contributed by atoms with Gasteiger partial charge in [0.25, 0.3) is 0 Å². The lowest BCUT2D eigenvalue weighted by molar-refractivity contribution is -0.164. The van der Waals surface area contributed by atoms with Crippen molar-refractivity contribution < 1.29 is 9.59 Å². The molecule has 2 amide bonds. The number of hydrogen-bond donors (Lipinski definition) is 1. The second kappa shape index (κ2) is 5.75. The molecule has 0 radical (unpaired) electrons. The van der Waals surface area contributed by atoms with Crippen molar-refractivity contribution in [3.05, 3.63) is 16.6 Å². The van der Waals surface area contributed by atoms with Gasteiger partial charge in [-0.15, -0.1) is 11.3 Å². The standard InChI is InChI=1S/C15H23N3O2S/c1-5-14(4)13(20)18(10-11-16-8-9-21-11)15(6-2,7-3)12(19)17-14/h8-9H,5-7,10H2,1-4H3,(H,17,19). The van der Waals surface area contributed by atoms with Gasteiger partial charge in [0.2, 0.25) is 11.8 Å². The molecule has 1 saturated heterocycles. The maximum atomic E-state index is 13.0. The third-order valence-corrected chi connectivity index (χ3v) is 5.46. The van der Waals surface area contributed by atoms with Gasteiger partial charge in [0.15, 0.2) is 0 Å². The van der Waals surface area contributed by atoms with E-state index in [0.29, 0.717) is 25.8 Å². The molecule has 0 aliphatic carbocycles. The number of amides is 2. The largest absolute Gasteiger partial charge is 0.340 e. The minimum atomic E-state index is -0.817. The minimum absolute atomic E-state index is 0.0106. The maximum Gasteiger partial charge on any atom is 0.249 e. The highest BCUT2D eigenvalue weighted by Gasteiger charge is 2.54. The van der Waals surface area contributed by atoms with Crippen LogP contribution >= 0.6 is 11.3 Å². The summed E-state index contributed by atoms with van der Waals surface area (Å²) in [6, 6.07) is 0. The second-order valence-electron chi connectivity index (χ2n) is 5.70. The number of rotatable bonds is 5. The van der Waals surface area contributed by atoms with Gasteiger partial charge >= 0.3 is 0 Å². The zero-order valence-electron chi connectivity index (χ0n) is 13.1. The summed E-state index contributed by atoms with van der Waals surface area (Å²) in [6.07, 6.45) is 3.51. The van der Waals surface area contributed by atoms with Gasteiger partial charge in [0, 0.05) is 11.6 Å². The van der Waals surface area contributed by atoms with E-state index in [9.17, 15) is 9.59 Å². The first-order valence-electron chi connectivity index (χ1n) is 7.46. The van der Waals surface area contributed by atoms with Crippen molar-refractivity contribution in [3.8, 4) is 0 Å². The number of carbonyl (C=O) groups is 2. The van der Waals surface area contributed by atoms with Crippen LogP contribution in [0.25, 0.3) is 0 Å². The Morgan fingerprint density at radius 2 is 1.90 bits per heavy atom. The van der Waals surface area contributed by atoms with Crippen LogP contribution in [0, 0.1) is 0 Å². The highest BCUT2D eigenvalue weighted by Crippen LogP contribution is 2.34. The maximum absolute atomic E-state index is 13.0. The number of nitrogens with one attached hydrogen (secondary N) is 1. The number of aromatic nitrogens is 1. The molecule has 0 saturated carbocycles. The second-order valence-corrected chi connectivity index (χ2v) is 6.67. The Hall–Kier alpha value is -1.43. The van der Waals surface area contributed by atoms with E-state index in [1.807, 2.05) is 26.2 Å². The molecule has 1 fully saturated rings. The molecular weight excluding hydrogens is 286 g/mol. The predicted molar refractivity (Wildman–Crippen MR) is 82.8 cm³/mol. The summed E-state index contributed by atoms with van der Waals surface area (Å²) in [7, 11) is 0. The highest BCUT2D eigenvalue weighted by atomic mass is 32.1. The zero-order chi connectivity index (χ0) is 15.7. The van der Waals surface area contributed by atoms with E-state index in [1.54, 1.807) is 18.0 Å². The quantitative estimate of drug-likeness (QED) is 0.908. The Morgan fingerprint density at radius 1 is 1.24 bits per heavy atom. The molecule has 1 N–H and O–H groups in total. The molecule has 6 heteroatoms. The summed E-state index contributed by atoms with van der Waals surface area (Å²) < 4.78 is 0. The summed E-state index contributed by atoms with van der Waals surface area (Å²) in [6.45, 7) is 8.04. The summed E-state index contributed by atoms with van der Waals surface area (Å²) >= 11 is 1.51. The Bertz CT molecular complexity index is 525. The fraction of sp³-hybridized carbons (Fsp3) is 0.667. The number of nitrogens with zero attached hydrogens (tertiary/aromatic N) is 2. The van der Waals surface area contributed by atoms with Crippen LogP contribution in [0.3, 0.4) is 0 Å². The molecule has 0 spiro atoms. The van der Waals surface area contributed by atoms with Crippen molar-refractivity contribution >= 4 is 23.2 Å². The third-order valence-electron chi connectivity index (χ3n) is 4.70. The van der Waals surface area contributed by atoms with E-state index in [4.69, 9.17) is 0 Å². The van der Waals surface area contributed by atoms with Gasteiger partial charge in [-0.05, 0) is 26.2 Å². The van der Waals surface area contributed by atoms with Crippen LogP contribution < -0.4 is 5.32 Å². The lowest BCUT2D eigenvalue weighted by Gasteiger charge is -2.51. The minimum Gasteiger partial charge on any atom is -0.340 e. The molecule has 5 nitrogen and oxygen atoms in total. The molecule has 1 aromatic heterocycles. The first-order valence-corrected chi connectivity index (χ1v) is 8.34. The van der Waals surface area contributed by atoms with E-state index < -0.39 is 11.1 Å². The van der Waals surface area contributed by atoms with Crippen molar-refractivity contribution in [1.29, 1.82) is 0 Å². The van der Waals surface area contributed by atoms with Crippen molar-refractivity contribution in [3.63, 3.8) is 0 Å². The molecule has 1 atom stereocenters. The van der Waals surface area contributed by atoms with Gasteiger partial charge in [-0.3, -0.25) is 9.59 Å². The smallest absolute Gasteiger partial charge is 0.249 e. The SMILES string of the molecule is CCC1(C)NC(=O)C(CC)(CC)N(Cc2nccs2)C1=O. The van der Waals surface area contributed by atoms with Crippen LogP contribution in [-0.4, -0.2) is 32.8 Å². The van der Waals surface area contributed by atoms with E-state index in [1.165, 1.54) is 11.3 Å². The van der Waals surface area contributed by atoms with Crippen molar-refractivity contribution in [1.82, 2.24) is 15.2 Å². The first kappa shape index (κ1) is 15.9. The molecule has 21 heavy (non-hydrogen) atoms. The number of carbonyl (C=O) groups excluding carboxylic acids is 2. The van der Waals surface area contributed by atoms with Gasteiger partial charge in [-0.1, -0.05) is 20.8 Å². The zero-order valence-corrected chi connectivity index (χ0v) is 13.9. The van der Waals surface area contributed by atoms with Crippen molar-refractivity contribution in [2.24, 2.45) is 0 Å². The Morgan fingerprint density at radius 3 is 2.38 bits per heavy atom. The Kier molecular flexibility index (Phi) is 4.37. The molecular formula is C15H23N3O2S. The van der Waals surface area contributed by atoms with Gasteiger partial charge in [-0.2, -0.15) is 0 Å². The molecule has 1 aromatic rings. The van der Waals surface area contributed by atoms with E-state index in [0.717, 1.165) is 5.01 Å². The van der Waals surface area contributed by atoms with Crippen LogP contribution in [0.1, 0.15) is 52.0 Å². The van der Waals surface area contributed by atoms with Crippen LogP contribution in [0.15, 0.2) is 11.6 Å². The molecule has 1 aliphatic rings. The van der Waals surface area contributed by atoms with Gasteiger partial charge in [0.05, 0.1) is 6.54 Å². The fourth-order valence-electron chi connectivity index (χ4n) is 2.92. The molecule has 2 heterocycles. The molecule has 2 rings (SSSR count). The summed E-state index contributed by atoms with van der Waals surface area (Å²) in [5, 5.41) is 5.70. The van der Waals surface area contributed by atoms with Crippen LogP contribution in [0.4, 0.5) is 0 Å². The van der Waals surface area contributed by atoms with E-state index in [2.05, 4.69) is 10.3 Å². The monoisotopic (exact) mass is 309 g/mol. The number of piperazine rings is 1. The van der Waals surface area contributed by atoms with Crippen molar-refractivity contribution in [2.75, 3.05) is 0 Å². The molecule has 116 valence electrons. The molecule has 0 aromatic carbocycles. The molecule has 0 bridgehead atoms. The Labute approximate surface area is 129 Å². The average molecular weight is 309 g/mol. The van der Waals surface area contributed by atoms with E-state index >= 15 is 0 Å². The number of thiazole rings is 1. The fourth-order valence-corrected chi connectivity index (χ4v) is 3.52. The summed E-state index contributed by atoms with van der Waals surface area (Å²) in [5.74, 6) is -0.0588. The van der Waals surface area contributed by atoms with Gasteiger partial charge in [-0.25, -0.2) is 4.98 Å². The van der Waals surface area contributed by atoms with Crippen molar-refractivity contribution in [2.45, 2.75) is 64.6 Å². The Balaban J connectivity index is 2.44.